The molecular formula is C29H29Br2N3O4. The molecule has 2 amide bonds. The summed E-state index contributed by atoms with van der Waals surface area (Å²) in [4.78, 5) is 25.9. The number of nitrogens with zero attached hydrogens (tertiary/aromatic N) is 1. The highest BCUT2D eigenvalue weighted by molar-refractivity contribution is 9.11. The van der Waals surface area contributed by atoms with Crippen molar-refractivity contribution in [1.29, 1.82) is 0 Å². The summed E-state index contributed by atoms with van der Waals surface area (Å²) in [5, 5.41) is 27.1. The van der Waals surface area contributed by atoms with Crippen molar-refractivity contribution >= 4 is 56.0 Å². The molecular weight excluding hydrogens is 614 g/mol. The van der Waals surface area contributed by atoms with Crippen molar-refractivity contribution in [2.45, 2.75) is 39.5 Å². The van der Waals surface area contributed by atoms with E-state index in [1.807, 2.05) is 24.3 Å². The number of phenols is 2. The zero-order valence-electron chi connectivity index (χ0n) is 21.3. The lowest BCUT2D eigenvalue weighted by atomic mass is 9.93. The van der Waals surface area contributed by atoms with Crippen molar-refractivity contribution in [3.05, 3.63) is 97.1 Å². The third kappa shape index (κ3) is 6.90. The van der Waals surface area contributed by atoms with Gasteiger partial charge in [0.2, 0.25) is 0 Å². The van der Waals surface area contributed by atoms with Gasteiger partial charge in [-0.1, -0.05) is 56.3 Å². The predicted octanol–water partition coefficient (Wildman–Crippen LogP) is 6.76. The summed E-state index contributed by atoms with van der Waals surface area (Å²) >= 11 is 6.40. The average molecular weight is 643 g/mol. The molecule has 198 valence electrons. The summed E-state index contributed by atoms with van der Waals surface area (Å²) in [5.74, 6) is -1.01. The van der Waals surface area contributed by atoms with E-state index in [0.29, 0.717) is 21.5 Å². The first-order chi connectivity index (χ1) is 18.2. The number of carbonyl (C=O) groups is 2. The first-order valence-corrected chi connectivity index (χ1v) is 13.7. The van der Waals surface area contributed by atoms with Gasteiger partial charge in [0.25, 0.3) is 11.8 Å². The number of hydrogen-bond donors (Lipinski definition) is 4. The molecule has 0 spiro atoms. The van der Waals surface area contributed by atoms with Crippen molar-refractivity contribution in [3.63, 3.8) is 0 Å². The first kappa shape index (κ1) is 29.1. The highest BCUT2D eigenvalue weighted by Crippen LogP contribution is 2.43. The molecule has 0 radical (unpaired) electrons. The van der Waals surface area contributed by atoms with E-state index in [-0.39, 0.29) is 27.2 Å². The summed E-state index contributed by atoms with van der Waals surface area (Å²) in [5.41, 5.74) is 5.58. The van der Waals surface area contributed by atoms with Crippen LogP contribution in [0, 0.1) is 6.92 Å². The summed E-state index contributed by atoms with van der Waals surface area (Å²) < 4.78 is 0.470. The van der Waals surface area contributed by atoms with Gasteiger partial charge in [-0.05, 0) is 92.4 Å². The Kier molecular flexibility index (Phi) is 10.3. The quantitative estimate of drug-likeness (QED) is 0.117. The monoisotopic (exact) mass is 641 g/mol. The number of halogens is 2. The van der Waals surface area contributed by atoms with Crippen molar-refractivity contribution < 1.29 is 19.8 Å². The molecule has 3 rings (SSSR count). The SMILES string of the molecule is CCC(CC)c1ccc(/C=C(/NC(=O)c2ccccc2)C(=O)N/N=C/c2c(C)c(Br)c(O)c(Br)c2O)cc1. The van der Waals surface area contributed by atoms with Crippen LogP contribution in [0.2, 0.25) is 0 Å². The molecule has 0 atom stereocenters. The van der Waals surface area contributed by atoms with E-state index in [2.05, 4.69) is 61.6 Å². The lowest BCUT2D eigenvalue weighted by Gasteiger charge is -2.13. The molecule has 0 saturated carbocycles. The first-order valence-electron chi connectivity index (χ1n) is 12.1. The Balaban J connectivity index is 1.89. The van der Waals surface area contributed by atoms with Gasteiger partial charge in [0.15, 0.2) is 0 Å². The van der Waals surface area contributed by atoms with Crippen LogP contribution in [0.4, 0.5) is 0 Å². The largest absolute Gasteiger partial charge is 0.506 e. The van der Waals surface area contributed by atoms with E-state index < -0.39 is 11.8 Å². The van der Waals surface area contributed by atoms with E-state index >= 15 is 0 Å². The minimum Gasteiger partial charge on any atom is -0.506 e. The lowest BCUT2D eigenvalue weighted by molar-refractivity contribution is -0.117. The zero-order chi connectivity index (χ0) is 27.8. The van der Waals surface area contributed by atoms with Gasteiger partial charge in [0.1, 0.15) is 21.7 Å². The predicted molar refractivity (Wildman–Crippen MR) is 157 cm³/mol. The number of amides is 2. The van der Waals surface area contributed by atoms with E-state index in [9.17, 15) is 19.8 Å². The number of hydrogen-bond acceptors (Lipinski definition) is 5. The van der Waals surface area contributed by atoms with Gasteiger partial charge in [0.05, 0.1) is 10.7 Å². The number of phenolic OH excluding ortho intramolecular Hbond substituents is 2. The minimum absolute atomic E-state index is 0.000275. The molecule has 0 fully saturated rings. The van der Waals surface area contributed by atoms with Gasteiger partial charge in [0, 0.05) is 11.1 Å². The number of benzene rings is 3. The van der Waals surface area contributed by atoms with Crippen LogP contribution in [-0.2, 0) is 4.79 Å². The van der Waals surface area contributed by atoms with Crippen LogP contribution >= 0.6 is 31.9 Å². The molecule has 9 heteroatoms. The molecule has 0 saturated heterocycles. The van der Waals surface area contributed by atoms with E-state index in [1.165, 1.54) is 11.8 Å². The Morgan fingerprint density at radius 2 is 1.58 bits per heavy atom. The van der Waals surface area contributed by atoms with Gasteiger partial charge >= 0.3 is 0 Å². The van der Waals surface area contributed by atoms with Crippen LogP contribution in [0.25, 0.3) is 6.08 Å². The summed E-state index contributed by atoms with van der Waals surface area (Å²) in [6, 6.07) is 16.5. The molecule has 3 aromatic carbocycles. The molecule has 0 bridgehead atoms. The fourth-order valence-corrected chi connectivity index (χ4v) is 5.00. The van der Waals surface area contributed by atoms with Crippen molar-refractivity contribution in [2.75, 3.05) is 0 Å². The molecule has 0 aromatic heterocycles. The Labute approximate surface area is 238 Å². The fraction of sp³-hybridized carbons (Fsp3) is 0.207. The van der Waals surface area contributed by atoms with Crippen LogP contribution < -0.4 is 10.7 Å². The Morgan fingerprint density at radius 3 is 2.18 bits per heavy atom. The maximum absolute atomic E-state index is 13.1. The maximum atomic E-state index is 13.1. The molecule has 3 aromatic rings. The van der Waals surface area contributed by atoms with Gasteiger partial charge in [-0.25, -0.2) is 5.43 Å². The van der Waals surface area contributed by atoms with Gasteiger partial charge in [-0.2, -0.15) is 5.10 Å². The number of hydrazone groups is 1. The standard InChI is InChI=1S/C29H29Br2N3O4/c1-4-19(5-2)20-13-11-18(12-14-20)15-23(33-28(37)21-9-7-6-8-10-21)29(38)34-32-16-22-17(3)24(30)27(36)25(31)26(22)35/h6-16,19,35-36H,4-5H2,1-3H3,(H,33,37)(H,34,38)/b23-15+,32-16+. The molecule has 7 nitrogen and oxygen atoms in total. The second-order valence-electron chi connectivity index (χ2n) is 8.62. The van der Waals surface area contributed by atoms with E-state index in [4.69, 9.17) is 0 Å². The molecule has 0 aliphatic rings. The third-order valence-electron chi connectivity index (χ3n) is 6.21. The van der Waals surface area contributed by atoms with Gasteiger partial charge in [-0.3, -0.25) is 9.59 Å². The number of nitrogens with one attached hydrogen (secondary N) is 2. The topological polar surface area (TPSA) is 111 Å². The molecule has 38 heavy (non-hydrogen) atoms. The Bertz CT molecular complexity index is 1340. The van der Waals surface area contributed by atoms with Gasteiger partial charge in [-0.15, -0.1) is 0 Å². The van der Waals surface area contributed by atoms with Crippen molar-refractivity contribution in [3.8, 4) is 11.5 Å². The molecule has 0 heterocycles. The van der Waals surface area contributed by atoms with Crippen LogP contribution in [0.3, 0.4) is 0 Å². The maximum Gasteiger partial charge on any atom is 0.287 e. The normalized spacial score (nSPS) is 11.7. The zero-order valence-corrected chi connectivity index (χ0v) is 24.4. The summed E-state index contributed by atoms with van der Waals surface area (Å²) in [6.07, 6.45) is 4.92. The van der Waals surface area contributed by atoms with Crippen LogP contribution in [-0.4, -0.2) is 28.2 Å². The Hall–Kier alpha value is -3.43. The smallest absolute Gasteiger partial charge is 0.287 e. The number of aromatic hydroxyl groups is 2. The van der Waals surface area contributed by atoms with Crippen LogP contribution in [0.1, 0.15) is 65.2 Å². The highest BCUT2D eigenvalue weighted by Gasteiger charge is 2.18. The lowest BCUT2D eigenvalue weighted by Crippen LogP contribution is -2.32. The van der Waals surface area contributed by atoms with Crippen molar-refractivity contribution in [2.24, 2.45) is 5.10 Å². The number of rotatable bonds is 9. The molecule has 0 aliphatic heterocycles. The summed E-state index contributed by atoms with van der Waals surface area (Å²) in [6.45, 7) is 5.98. The van der Waals surface area contributed by atoms with E-state index in [0.717, 1.165) is 18.4 Å². The second kappa shape index (κ2) is 13.4. The van der Waals surface area contributed by atoms with Crippen LogP contribution in [0.15, 0.2) is 74.3 Å². The van der Waals surface area contributed by atoms with Crippen LogP contribution in [0.5, 0.6) is 11.5 Å². The van der Waals surface area contributed by atoms with Crippen molar-refractivity contribution in [1.82, 2.24) is 10.7 Å². The molecule has 0 aliphatic carbocycles. The molecule has 0 unspecified atom stereocenters. The fourth-order valence-electron chi connectivity index (χ4n) is 3.91. The highest BCUT2D eigenvalue weighted by atomic mass is 79.9. The molecule has 4 N–H and O–H groups in total. The van der Waals surface area contributed by atoms with E-state index in [1.54, 1.807) is 43.3 Å². The minimum atomic E-state index is -0.649. The number of carbonyl (C=O) groups excluding carboxylic acids is 2. The summed E-state index contributed by atoms with van der Waals surface area (Å²) in [7, 11) is 0. The third-order valence-corrected chi connectivity index (χ3v) is 7.93. The van der Waals surface area contributed by atoms with Gasteiger partial charge < -0.3 is 15.5 Å². The Morgan fingerprint density at radius 1 is 0.947 bits per heavy atom. The average Bonchev–Trinajstić information content (AvgIpc) is 2.94. The second-order valence-corrected chi connectivity index (χ2v) is 10.2.